The van der Waals surface area contributed by atoms with Crippen molar-refractivity contribution in [2.45, 2.75) is 102 Å². The Kier molecular flexibility index (Phi) is 7.43. The summed E-state index contributed by atoms with van der Waals surface area (Å²) in [6.07, 6.45) is 8.54. The number of rotatable bonds is 9. The van der Waals surface area contributed by atoms with Gasteiger partial charge in [-0.15, -0.1) is 0 Å². The minimum absolute atomic E-state index is 0.0597. The van der Waals surface area contributed by atoms with Gasteiger partial charge in [-0.3, -0.25) is 0 Å². The number of benzene rings is 1. The quantitative estimate of drug-likeness (QED) is 0.247. The number of hydrogen-bond acceptors (Lipinski definition) is 6. The zero-order valence-corrected chi connectivity index (χ0v) is 22.9. The van der Waals surface area contributed by atoms with Crippen molar-refractivity contribution in [3.05, 3.63) is 23.8 Å². The fourth-order valence-electron chi connectivity index (χ4n) is 5.90. The first-order valence-corrected chi connectivity index (χ1v) is 16.0. The summed E-state index contributed by atoms with van der Waals surface area (Å²) in [6.45, 7) is 11.9. The lowest BCUT2D eigenvalue weighted by Gasteiger charge is -2.65. The van der Waals surface area contributed by atoms with Crippen molar-refractivity contribution in [2.75, 3.05) is 20.3 Å². The highest BCUT2D eigenvalue weighted by atomic mass is 28.4. The van der Waals surface area contributed by atoms with Crippen molar-refractivity contribution in [2.24, 2.45) is 11.8 Å². The molecule has 1 N–H and O–H groups in total. The molecule has 0 aromatic heterocycles. The highest BCUT2D eigenvalue weighted by Crippen LogP contribution is 2.65. The molecule has 0 amide bonds. The number of methoxy groups -OCH3 is 1. The molecule has 6 nitrogen and oxygen atoms in total. The molecular weight excluding hydrogens is 448 g/mol. The largest absolute Gasteiger partial charge is 0.541 e. The summed E-state index contributed by atoms with van der Waals surface area (Å²) in [5, 5.41) is 9.35. The summed E-state index contributed by atoms with van der Waals surface area (Å²) in [7, 11) is -0.410. The van der Waals surface area contributed by atoms with Gasteiger partial charge in [-0.25, -0.2) is 4.89 Å². The van der Waals surface area contributed by atoms with Gasteiger partial charge < -0.3 is 19.0 Å². The minimum atomic E-state index is -2.10. The standard InChI is InChI=1S/C27H44O6Si/c1-25(2,3)34(5,6)31-24-19-22(15-16-23(24)29-4)27(30-18-8-7-17-28)26(32-33-27)20-11-9-12-21(26)14-10-13-20/h15-16,19-21,28H,7-14,17-18H2,1-6H3. The average Bonchev–Trinajstić information content (AvgIpc) is 2.76. The van der Waals surface area contributed by atoms with Gasteiger partial charge in [0.2, 0.25) is 0 Å². The molecule has 2 bridgehead atoms. The maximum absolute atomic E-state index is 9.29. The molecule has 1 aromatic carbocycles. The minimum Gasteiger partial charge on any atom is -0.541 e. The van der Waals surface area contributed by atoms with Gasteiger partial charge in [-0.2, -0.15) is 4.89 Å². The Bertz CT molecular complexity index is 828. The van der Waals surface area contributed by atoms with Crippen LogP contribution in [0.3, 0.4) is 0 Å². The highest BCUT2D eigenvalue weighted by Gasteiger charge is 2.74. The van der Waals surface area contributed by atoms with E-state index in [9.17, 15) is 5.11 Å². The molecule has 1 aliphatic heterocycles. The SMILES string of the molecule is COc1ccc(C2(OCCCCO)OOC23C2CCCC3CCC2)cc1O[Si](C)(C)C(C)(C)C. The van der Waals surface area contributed by atoms with Crippen LogP contribution in [0.1, 0.15) is 77.7 Å². The molecule has 4 rings (SSSR count). The topological polar surface area (TPSA) is 66.4 Å². The van der Waals surface area contributed by atoms with Gasteiger partial charge in [0.25, 0.3) is 14.1 Å². The van der Waals surface area contributed by atoms with E-state index in [1.807, 2.05) is 6.07 Å². The molecule has 7 heteroatoms. The summed E-state index contributed by atoms with van der Waals surface area (Å²) in [5.41, 5.74) is 0.474. The Hall–Kier alpha value is -1.12. The van der Waals surface area contributed by atoms with Crippen LogP contribution in [0.4, 0.5) is 0 Å². The first-order chi connectivity index (χ1) is 16.1. The van der Waals surface area contributed by atoms with Crippen LogP contribution in [-0.4, -0.2) is 39.3 Å². The fourth-order valence-corrected chi connectivity index (χ4v) is 6.92. The van der Waals surface area contributed by atoms with Crippen LogP contribution >= 0.6 is 0 Å². The first-order valence-electron chi connectivity index (χ1n) is 13.1. The molecule has 2 aliphatic carbocycles. The molecule has 192 valence electrons. The lowest BCUT2D eigenvalue weighted by Crippen LogP contribution is -2.74. The average molecular weight is 493 g/mol. The molecule has 0 radical (unpaired) electrons. The predicted molar refractivity (Wildman–Crippen MR) is 134 cm³/mol. The molecular formula is C27H44O6Si. The van der Waals surface area contributed by atoms with E-state index in [1.54, 1.807) is 7.11 Å². The van der Waals surface area contributed by atoms with Gasteiger partial charge in [0.05, 0.1) is 13.7 Å². The van der Waals surface area contributed by atoms with Crippen LogP contribution in [0.25, 0.3) is 0 Å². The lowest BCUT2D eigenvalue weighted by molar-refractivity contribution is -0.645. The van der Waals surface area contributed by atoms with Crippen molar-refractivity contribution in [1.29, 1.82) is 0 Å². The maximum Gasteiger partial charge on any atom is 0.261 e. The molecule has 1 unspecified atom stereocenters. The molecule has 34 heavy (non-hydrogen) atoms. The normalized spacial score (nSPS) is 31.3. The smallest absolute Gasteiger partial charge is 0.261 e. The summed E-state index contributed by atoms with van der Waals surface area (Å²) in [4.78, 5) is 12.2. The Morgan fingerprint density at radius 1 is 1.00 bits per heavy atom. The number of ether oxygens (including phenoxy) is 2. The molecule has 1 saturated heterocycles. The summed E-state index contributed by atoms with van der Waals surface area (Å²) < 4.78 is 19.1. The number of unbranched alkanes of at least 4 members (excludes halogenated alkanes) is 1. The first kappa shape index (κ1) is 26.0. The van der Waals surface area contributed by atoms with E-state index in [-0.39, 0.29) is 11.6 Å². The van der Waals surface area contributed by atoms with E-state index in [2.05, 4.69) is 46.0 Å². The van der Waals surface area contributed by atoms with Crippen molar-refractivity contribution in [3.63, 3.8) is 0 Å². The van der Waals surface area contributed by atoms with Crippen molar-refractivity contribution < 1.29 is 28.8 Å². The van der Waals surface area contributed by atoms with E-state index >= 15 is 0 Å². The third-order valence-corrected chi connectivity index (χ3v) is 13.1. The van der Waals surface area contributed by atoms with Crippen LogP contribution in [0, 0.1) is 11.8 Å². The van der Waals surface area contributed by atoms with Gasteiger partial charge in [0, 0.05) is 12.2 Å². The Labute approximate surface area is 206 Å². The molecule has 1 heterocycles. The molecule has 3 aliphatic rings. The van der Waals surface area contributed by atoms with Crippen LogP contribution in [-0.2, 0) is 20.3 Å². The van der Waals surface area contributed by atoms with E-state index in [0.717, 1.165) is 49.2 Å². The van der Waals surface area contributed by atoms with Gasteiger partial charge in [-0.1, -0.05) is 33.6 Å². The van der Waals surface area contributed by atoms with Crippen LogP contribution < -0.4 is 9.16 Å². The molecule has 1 spiro atoms. The van der Waals surface area contributed by atoms with E-state index < -0.39 is 19.7 Å². The summed E-state index contributed by atoms with van der Waals surface area (Å²) in [6, 6.07) is 6.10. The van der Waals surface area contributed by atoms with Gasteiger partial charge in [-0.05, 0) is 86.7 Å². The Morgan fingerprint density at radius 2 is 1.65 bits per heavy atom. The van der Waals surface area contributed by atoms with Gasteiger partial charge in [0.1, 0.15) is 5.75 Å². The predicted octanol–water partition coefficient (Wildman–Crippen LogP) is 6.32. The second-order valence-corrected chi connectivity index (χ2v) is 16.6. The Balaban J connectivity index is 1.75. The third-order valence-electron chi connectivity index (χ3n) is 8.81. The van der Waals surface area contributed by atoms with Crippen LogP contribution in [0.15, 0.2) is 18.2 Å². The molecule has 1 aromatic rings. The zero-order valence-electron chi connectivity index (χ0n) is 21.9. The number of hydrogen-bond donors (Lipinski definition) is 1. The number of aliphatic hydroxyl groups is 1. The molecule has 2 saturated carbocycles. The second-order valence-electron chi connectivity index (χ2n) is 11.8. The van der Waals surface area contributed by atoms with Crippen molar-refractivity contribution in [1.82, 2.24) is 0 Å². The van der Waals surface area contributed by atoms with E-state index in [1.165, 1.54) is 12.8 Å². The highest BCUT2D eigenvalue weighted by molar-refractivity contribution is 6.74. The monoisotopic (exact) mass is 492 g/mol. The number of aliphatic hydroxyl groups excluding tert-OH is 1. The van der Waals surface area contributed by atoms with E-state index in [0.29, 0.717) is 24.9 Å². The van der Waals surface area contributed by atoms with E-state index in [4.69, 9.17) is 23.7 Å². The summed E-state index contributed by atoms with van der Waals surface area (Å²) >= 11 is 0. The lowest BCUT2D eigenvalue weighted by atomic mass is 9.56. The summed E-state index contributed by atoms with van der Waals surface area (Å²) in [5.74, 6) is 1.34. The van der Waals surface area contributed by atoms with Gasteiger partial charge in [0.15, 0.2) is 11.4 Å². The second kappa shape index (κ2) is 9.73. The van der Waals surface area contributed by atoms with Gasteiger partial charge >= 0.3 is 0 Å². The fraction of sp³-hybridized carbons (Fsp3) is 0.778. The van der Waals surface area contributed by atoms with Crippen LogP contribution in [0.2, 0.25) is 18.1 Å². The zero-order chi connectivity index (χ0) is 24.6. The molecule has 3 fully saturated rings. The maximum atomic E-state index is 9.29. The van der Waals surface area contributed by atoms with Crippen LogP contribution in [0.5, 0.6) is 11.5 Å². The molecule has 1 atom stereocenters. The third kappa shape index (κ3) is 4.21. The van der Waals surface area contributed by atoms with Crippen molar-refractivity contribution in [3.8, 4) is 11.5 Å². The Morgan fingerprint density at radius 3 is 2.15 bits per heavy atom. The van der Waals surface area contributed by atoms with Crippen molar-refractivity contribution >= 4 is 8.32 Å².